The van der Waals surface area contributed by atoms with Gasteiger partial charge in [0.05, 0.1) is 12.0 Å². The van der Waals surface area contributed by atoms with Gasteiger partial charge in [-0.2, -0.15) is 0 Å². The molecule has 2 saturated heterocycles. The molecular formula is C16H16N3NaO4S. The molecule has 3 rings (SSSR count). The summed E-state index contributed by atoms with van der Waals surface area (Å²) in [5.41, 5.74) is 6.96. The van der Waals surface area contributed by atoms with Crippen LogP contribution in [0.2, 0.25) is 0 Å². The Bertz CT molecular complexity index is 715. The van der Waals surface area contributed by atoms with Gasteiger partial charge in [-0.3, -0.25) is 9.59 Å². The van der Waals surface area contributed by atoms with Crippen molar-refractivity contribution in [2.24, 2.45) is 5.73 Å². The van der Waals surface area contributed by atoms with Crippen LogP contribution >= 0.6 is 11.8 Å². The first-order chi connectivity index (χ1) is 11.4. The molecule has 2 heterocycles. The van der Waals surface area contributed by atoms with Crippen molar-refractivity contribution in [2.75, 3.05) is 5.75 Å². The average molecular weight is 369 g/mol. The number of hydrogen-bond donors (Lipinski definition) is 2. The number of nitrogens with zero attached hydrogens (tertiary/aromatic N) is 1. The van der Waals surface area contributed by atoms with Crippen LogP contribution in [0.25, 0.3) is 0 Å². The van der Waals surface area contributed by atoms with E-state index >= 15 is 0 Å². The third-order valence-electron chi connectivity index (χ3n) is 4.15. The average Bonchev–Trinajstić information content (AvgIpc) is 2.59. The summed E-state index contributed by atoms with van der Waals surface area (Å²) in [6.07, 6.45) is 0. The summed E-state index contributed by atoms with van der Waals surface area (Å²) in [6.45, 7) is 3.68. The van der Waals surface area contributed by atoms with E-state index in [-0.39, 0.29) is 29.6 Å². The quantitative estimate of drug-likeness (QED) is 0.316. The molecule has 0 spiro atoms. The van der Waals surface area contributed by atoms with Gasteiger partial charge in [-0.1, -0.05) is 36.9 Å². The largest absolute Gasteiger partial charge is 1.00 e. The zero-order chi connectivity index (χ0) is 17.4. The molecule has 2 amide bonds. The molecule has 7 nitrogen and oxygen atoms in total. The maximum atomic E-state index is 12.3. The number of benzene rings is 1. The van der Waals surface area contributed by atoms with Crippen molar-refractivity contribution in [3.63, 3.8) is 0 Å². The fourth-order valence-electron chi connectivity index (χ4n) is 2.87. The van der Waals surface area contributed by atoms with Gasteiger partial charge in [0, 0.05) is 5.75 Å². The summed E-state index contributed by atoms with van der Waals surface area (Å²) in [5, 5.41) is 13.4. The van der Waals surface area contributed by atoms with E-state index in [1.165, 1.54) is 16.7 Å². The normalized spacial score (nSPS) is 26.0. The summed E-state index contributed by atoms with van der Waals surface area (Å²) in [7, 11) is 0. The minimum absolute atomic E-state index is 0. The number of aliphatic carboxylic acids is 1. The summed E-state index contributed by atoms with van der Waals surface area (Å²) in [4.78, 5) is 37.0. The number of carbonyl (C=O) groups is 3. The van der Waals surface area contributed by atoms with Crippen LogP contribution in [0.5, 0.6) is 0 Å². The first kappa shape index (κ1) is 20.0. The minimum Gasteiger partial charge on any atom is -0.548 e. The molecule has 0 saturated carbocycles. The van der Waals surface area contributed by atoms with Gasteiger partial charge < -0.3 is 25.9 Å². The number of amides is 2. The van der Waals surface area contributed by atoms with E-state index in [0.717, 1.165) is 0 Å². The zero-order valence-electron chi connectivity index (χ0n) is 13.7. The summed E-state index contributed by atoms with van der Waals surface area (Å²) >= 11 is 1.36. The van der Waals surface area contributed by atoms with E-state index in [1.807, 2.05) is 6.07 Å². The molecule has 0 bridgehead atoms. The topological polar surface area (TPSA) is 116 Å². The van der Waals surface area contributed by atoms with Gasteiger partial charge in [0.1, 0.15) is 17.5 Å². The molecule has 1 aromatic rings. The first-order valence-electron chi connectivity index (χ1n) is 7.35. The molecule has 1 unspecified atom stereocenters. The molecular weight excluding hydrogens is 353 g/mol. The molecule has 126 valence electrons. The number of β-lactam (4-membered cyclic amide) rings is 1. The molecule has 25 heavy (non-hydrogen) atoms. The molecule has 2 aliphatic heterocycles. The number of rotatable bonds is 4. The third-order valence-corrected chi connectivity index (χ3v) is 5.52. The van der Waals surface area contributed by atoms with Crippen LogP contribution in [-0.2, 0) is 14.4 Å². The van der Waals surface area contributed by atoms with Crippen LogP contribution in [0.1, 0.15) is 11.6 Å². The number of fused-ring (bicyclic) bond motifs is 1. The number of thioether (sulfide) groups is 1. The smallest absolute Gasteiger partial charge is 0.548 e. The predicted octanol–water partition coefficient (Wildman–Crippen LogP) is -4.23. The molecule has 0 radical (unpaired) electrons. The van der Waals surface area contributed by atoms with Gasteiger partial charge in [-0.15, -0.1) is 11.8 Å². The van der Waals surface area contributed by atoms with Crippen LogP contribution in [0.4, 0.5) is 0 Å². The molecule has 0 aliphatic carbocycles. The van der Waals surface area contributed by atoms with Gasteiger partial charge >= 0.3 is 29.6 Å². The van der Waals surface area contributed by atoms with Crippen LogP contribution in [0, 0.1) is 0 Å². The van der Waals surface area contributed by atoms with Crippen molar-refractivity contribution in [3.8, 4) is 0 Å². The van der Waals surface area contributed by atoms with E-state index < -0.39 is 41.3 Å². The van der Waals surface area contributed by atoms with Crippen molar-refractivity contribution >= 4 is 29.5 Å². The molecule has 4 atom stereocenters. The number of carboxylic acids is 1. The molecule has 9 heteroatoms. The van der Waals surface area contributed by atoms with Gasteiger partial charge in [-0.25, -0.2) is 0 Å². The zero-order valence-corrected chi connectivity index (χ0v) is 16.5. The third kappa shape index (κ3) is 3.63. The summed E-state index contributed by atoms with van der Waals surface area (Å²) < 4.78 is 0. The van der Waals surface area contributed by atoms with Crippen LogP contribution in [0.3, 0.4) is 0 Å². The van der Waals surface area contributed by atoms with Gasteiger partial charge in [-0.05, 0) is 11.1 Å². The van der Waals surface area contributed by atoms with Crippen molar-refractivity contribution in [3.05, 3.63) is 48.0 Å². The van der Waals surface area contributed by atoms with Gasteiger partial charge in [0.2, 0.25) is 11.8 Å². The van der Waals surface area contributed by atoms with Crippen LogP contribution in [0.15, 0.2) is 42.5 Å². The molecule has 2 fully saturated rings. The van der Waals surface area contributed by atoms with Crippen molar-refractivity contribution in [1.29, 1.82) is 0 Å². The Morgan fingerprint density at radius 2 is 2.00 bits per heavy atom. The van der Waals surface area contributed by atoms with E-state index in [9.17, 15) is 19.5 Å². The Labute approximate surface area is 171 Å². The van der Waals surface area contributed by atoms with E-state index in [2.05, 4.69) is 11.9 Å². The van der Waals surface area contributed by atoms with Crippen LogP contribution in [-0.4, -0.2) is 45.9 Å². The Morgan fingerprint density at radius 3 is 2.60 bits per heavy atom. The fraction of sp³-hybridized carbons (Fsp3) is 0.312. The van der Waals surface area contributed by atoms with E-state index in [0.29, 0.717) is 16.9 Å². The number of nitrogens with one attached hydrogen (secondary N) is 1. The van der Waals surface area contributed by atoms with E-state index in [4.69, 9.17) is 5.73 Å². The van der Waals surface area contributed by atoms with Crippen molar-refractivity contribution in [1.82, 2.24) is 10.2 Å². The maximum absolute atomic E-state index is 12.3. The second-order valence-electron chi connectivity index (χ2n) is 5.70. The summed E-state index contributed by atoms with van der Waals surface area (Å²) in [6, 6.07) is 5.99. The van der Waals surface area contributed by atoms with Gasteiger partial charge in [0.25, 0.3) is 0 Å². The number of carboxylic acid groups (broad SMARTS) is 1. The molecule has 2 aliphatic rings. The predicted molar refractivity (Wildman–Crippen MR) is 86.3 cm³/mol. The molecule has 0 aromatic heterocycles. The Hall–Kier alpha value is -1.32. The van der Waals surface area contributed by atoms with Crippen molar-refractivity contribution in [2.45, 2.75) is 23.5 Å². The number of carbonyl (C=O) groups excluding carboxylic acids is 3. The number of nitrogens with two attached hydrogens (primary N) is 1. The minimum atomic E-state index is -1.36. The van der Waals surface area contributed by atoms with E-state index in [1.54, 1.807) is 24.3 Å². The van der Waals surface area contributed by atoms with Crippen LogP contribution < -0.4 is 45.7 Å². The SMILES string of the molecule is C=C1CS[C@@H]2[C@H](NC(=O)[C@H](N)c3ccccc3)C(=O)N2C1C(=O)[O-].[Na+]. The Balaban J connectivity index is 0.00000225. The fourth-order valence-corrected chi connectivity index (χ4v) is 4.18. The molecule has 3 N–H and O–H groups in total. The summed E-state index contributed by atoms with van der Waals surface area (Å²) in [5.74, 6) is -1.90. The Kier molecular flexibility index (Phi) is 6.34. The monoisotopic (exact) mass is 369 g/mol. The second kappa shape index (κ2) is 7.92. The second-order valence-corrected chi connectivity index (χ2v) is 6.81. The molecule has 1 aromatic carbocycles. The number of hydrogen-bond acceptors (Lipinski definition) is 6. The standard InChI is InChI=1S/C16H17N3O4S.Na/c1-8-7-24-15-11(14(21)19(15)12(8)16(22)23)18-13(20)10(17)9-5-3-2-4-6-9;/h2-6,10-12,15H,1,7,17H2,(H,18,20)(H,22,23);/q;+1/p-1/t10-,11-,12?,15-;/m1./s1. The Morgan fingerprint density at radius 1 is 1.36 bits per heavy atom. The maximum Gasteiger partial charge on any atom is 1.00 e. The first-order valence-corrected chi connectivity index (χ1v) is 8.40. The van der Waals surface area contributed by atoms with Crippen molar-refractivity contribution < 1.29 is 49.0 Å². The van der Waals surface area contributed by atoms with Gasteiger partial charge in [0.15, 0.2) is 0 Å².